The molecule has 2 aliphatic rings. The van der Waals surface area contributed by atoms with Gasteiger partial charge in [0.15, 0.2) is 17.5 Å². The Morgan fingerprint density at radius 3 is 1.50 bits per heavy atom. The highest BCUT2D eigenvalue weighted by Gasteiger charge is 2.52. The van der Waals surface area contributed by atoms with E-state index in [0.29, 0.717) is 17.5 Å². The quantitative estimate of drug-likeness (QED) is 0.166. The van der Waals surface area contributed by atoms with Gasteiger partial charge in [-0.25, -0.2) is 15.0 Å². The first-order valence-electron chi connectivity index (χ1n) is 22.6. The molecule has 66 heavy (non-hydrogen) atoms. The number of hydrogen-bond donors (Lipinski definition) is 0. The van der Waals surface area contributed by atoms with Crippen molar-refractivity contribution in [3.8, 4) is 67.5 Å². The minimum Gasteiger partial charge on any atom is -0.208 e. The lowest BCUT2D eigenvalue weighted by molar-refractivity contribution is 0.795. The Labute approximate surface area is 384 Å². The van der Waals surface area contributed by atoms with Crippen molar-refractivity contribution in [3.63, 3.8) is 0 Å². The van der Waals surface area contributed by atoms with Crippen molar-refractivity contribution in [1.29, 1.82) is 0 Å². The lowest BCUT2D eigenvalue weighted by Gasteiger charge is -2.30. The van der Waals surface area contributed by atoms with Gasteiger partial charge in [-0.3, -0.25) is 0 Å². The Morgan fingerprint density at radius 2 is 0.818 bits per heavy atom. The predicted molar refractivity (Wildman–Crippen MR) is 274 cm³/mol. The molecule has 304 valence electrons. The molecule has 0 unspecified atom stereocenters. The summed E-state index contributed by atoms with van der Waals surface area (Å²) < 4.78 is 2.68. The Balaban J connectivity index is 0.982. The summed E-state index contributed by atoms with van der Waals surface area (Å²) in [4.78, 5) is 15.3. The fraction of sp³-hybridized carbons (Fsp3) is 0.0161. The van der Waals surface area contributed by atoms with Crippen molar-refractivity contribution in [2.45, 2.75) is 5.41 Å². The standard InChI is InChI=1S/C62H35N3S/c1-3-16-36(17-4-1)59-63-60(37-18-5-2-6-19-37)65-61(64-59)46-33-32-39(40-20-7-8-21-41(40)46)38-30-31-45-48(34-38)44-25-15-29-53-56(44)58-54(66-53)35-52-55(57(45)58)47-24-11-14-28-51(47)62(52)49-26-12-9-22-42(49)43-23-10-13-27-50(43)62/h1-35H. The van der Waals surface area contributed by atoms with Gasteiger partial charge in [-0.05, 0) is 112 Å². The van der Waals surface area contributed by atoms with Crippen molar-refractivity contribution in [2.24, 2.45) is 0 Å². The van der Waals surface area contributed by atoms with E-state index >= 15 is 0 Å². The van der Waals surface area contributed by atoms with Crippen LogP contribution < -0.4 is 0 Å². The van der Waals surface area contributed by atoms with Crippen LogP contribution in [0, 0.1) is 0 Å². The molecule has 1 spiro atoms. The molecular formula is C62H35N3S. The maximum Gasteiger partial charge on any atom is 0.164 e. The molecule has 2 heterocycles. The van der Waals surface area contributed by atoms with E-state index in [1.807, 2.05) is 47.7 Å². The minimum atomic E-state index is -0.413. The molecule has 2 aromatic heterocycles. The molecule has 4 heteroatoms. The third kappa shape index (κ3) is 4.73. The number of fused-ring (bicyclic) bond motifs is 15. The van der Waals surface area contributed by atoms with Gasteiger partial charge in [-0.15, -0.1) is 11.3 Å². The summed E-state index contributed by atoms with van der Waals surface area (Å²) in [6.07, 6.45) is 0. The number of hydrogen-bond acceptors (Lipinski definition) is 4. The fourth-order valence-corrected chi connectivity index (χ4v) is 13.0. The monoisotopic (exact) mass is 853 g/mol. The van der Waals surface area contributed by atoms with Gasteiger partial charge in [-0.2, -0.15) is 0 Å². The van der Waals surface area contributed by atoms with E-state index in [0.717, 1.165) is 27.5 Å². The van der Waals surface area contributed by atoms with Gasteiger partial charge in [0.25, 0.3) is 0 Å². The molecular weight excluding hydrogens is 819 g/mol. The second kappa shape index (κ2) is 13.4. The van der Waals surface area contributed by atoms with Gasteiger partial charge >= 0.3 is 0 Å². The van der Waals surface area contributed by atoms with E-state index < -0.39 is 5.41 Å². The maximum absolute atomic E-state index is 5.14. The van der Waals surface area contributed by atoms with Crippen LogP contribution in [0.4, 0.5) is 0 Å². The molecule has 0 saturated carbocycles. The lowest BCUT2D eigenvalue weighted by Crippen LogP contribution is -2.25. The number of rotatable bonds is 4. The van der Waals surface area contributed by atoms with Crippen LogP contribution in [0.3, 0.4) is 0 Å². The largest absolute Gasteiger partial charge is 0.208 e. The molecule has 0 fully saturated rings. The second-order valence-electron chi connectivity index (χ2n) is 17.7. The molecule has 0 N–H and O–H groups in total. The van der Waals surface area contributed by atoms with Crippen LogP contribution in [0.1, 0.15) is 22.3 Å². The molecule has 0 bridgehead atoms. The summed E-state index contributed by atoms with van der Waals surface area (Å²) >= 11 is 1.93. The molecule has 3 nitrogen and oxygen atoms in total. The van der Waals surface area contributed by atoms with Crippen LogP contribution in [0.2, 0.25) is 0 Å². The van der Waals surface area contributed by atoms with Crippen LogP contribution in [0.25, 0.3) is 120 Å². The van der Waals surface area contributed by atoms with Crippen LogP contribution in [-0.4, -0.2) is 15.0 Å². The zero-order valence-electron chi connectivity index (χ0n) is 35.5. The van der Waals surface area contributed by atoms with E-state index in [9.17, 15) is 0 Å². The van der Waals surface area contributed by atoms with Crippen molar-refractivity contribution >= 4 is 63.8 Å². The summed E-state index contributed by atoms with van der Waals surface area (Å²) in [5, 5.41) is 10.2. The zero-order valence-corrected chi connectivity index (χ0v) is 36.3. The first-order chi connectivity index (χ1) is 32.7. The predicted octanol–water partition coefficient (Wildman–Crippen LogP) is 16.1. The number of thiophene rings is 1. The van der Waals surface area contributed by atoms with E-state index in [-0.39, 0.29) is 0 Å². The van der Waals surface area contributed by atoms with Gasteiger partial charge in [0.2, 0.25) is 0 Å². The number of aromatic nitrogens is 3. The maximum atomic E-state index is 5.14. The van der Waals surface area contributed by atoms with E-state index in [1.54, 1.807) is 0 Å². The average Bonchev–Trinajstić information content (AvgIpc) is 4.02. The molecule has 0 amide bonds. The summed E-state index contributed by atoms with van der Waals surface area (Å²) in [6.45, 7) is 0. The highest BCUT2D eigenvalue weighted by molar-refractivity contribution is 7.26. The first-order valence-corrected chi connectivity index (χ1v) is 23.4. The molecule has 0 aliphatic heterocycles. The Kier molecular flexibility index (Phi) is 7.31. The van der Waals surface area contributed by atoms with Gasteiger partial charge < -0.3 is 0 Å². The van der Waals surface area contributed by atoms with Crippen LogP contribution in [0.15, 0.2) is 212 Å². The third-order valence-electron chi connectivity index (χ3n) is 14.5. The van der Waals surface area contributed by atoms with E-state index in [2.05, 4.69) is 176 Å². The van der Waals surface area contributed by atoms with Gasteiger partial charge in [-0.1, -0.05) is 188 Å². The lowest BCUT2D eigenvalue weighted by atomic mass is 9.70. The second-order valence-corrected chi connectivity index (χ2v) is 18.8. The van der Waals surface area contributed by atoms with Gasteiger partial charge in [0.1, 0.15) is 0 Å². The summed E-state index contributed by atoms with van der Waals surface area (Å²) in [5.74, 6) is 1.96. The van der Waals surface area contributed by atoms with Gasteiger partial charge in [0.05, 0.1) is 5.41 Å². The third-order valence-corrected chi connectivity index (χ3v) is 15.6. The SMILES string of the molecule is c1ccc(-c2nc(-c3ccccc3)nc(-c3ccc(-c4ccc5c(c4)c4cccc6sc7cc8c(c5c7c64)-c4ccccc4C84c5ccccc5-c5ccccc54)c4ccccc34)n2)cc1. The smallest absolute Gasteiger partial charge is 0.164 e. The Morgan fingerprint density at radius 1 is 0.288 bits per heavy atom. The minimum absolute atomic E-state index is 0.413. The van der Waals surface area contributed by atoms with E-state index in [1.165, 1.54) is 97.4 Å². The van der Waals surface area contributed by atoms with Crippen LogP contribution in [-0.2, 0) is 5.41 Å². The highest BCUT2D eigenvalue weighted by Crippen LogP contribution is 2.65. The molecule has 2 aliphatic carbocycles. The van der Waals surface area contributed by atoms with Crippen molar-refractivity contribution in [3.05, 3.63) is 235 Å². The molecule has 0 radical (unpaired) electrons. The van der Waals surface area contributed by atoms with Crippen molar-refractivity contribution in [1.82, 2.24) is 15.0 Å². The Bertz CT molecular complexity index is 4070. The highest BCUT2D eigenvalue weighted by atomic mass is 32.1. The summed E-state index contributed by atoms with van der Waals surface area (Å²) in [6, 6.07) is 77.7. The van der Waals surface area contributed by atoms with Crippen molar-refractivity contribution < 1.29 is 0 Å². The topological polar surface area (TPSA) is 38.7 Å². The zero-order chi connectivity index (χ0) is 43.1. The Hall–Kier alpha value is -8.31. The van der Waals surface area contributed by atoms with Crippen LogP contribution >= 0.6 is 11.3 Å². The number of nitrogens with zero attached hydrogens (tertiary/aromatic N) is 3. The van der Waals surface area contributed by atoms with E-state index in [4.69, 9.17) is 15.0 Å². The molecule has 13 aromatic rings. The van der Waals surface area contributed by atoms with Gasteiger partial charge in [0, 0.05) is 36.9 Å². The molecule has 11 aromatic carbocycles. The summed E-state index contributed by atoms with van der Waals surface area (Å²) in [5.41, 5.74) is 15.7. The first kappa shape index (κ1) is 36.1. The molecule has 15 rings (SSSR count). The van der Waals surface area contributed by atoms with Crippen LogP contribution in [0.5, 0.6) is 0 Å². The molecule has 0 saturated heterocycles. The average molecular weight is 854 g/mol. The summed E-state index contributed by atoms with van der Waals surface area (Å²) in [7, 11) is 0. The normalized spacial score (nSPS) is 13.3. The number of benzene rings is 11. The fourth-order valence-electron chi connectivity index (χ4n) is 11.9. The molecule has 0 atom stereocenters. The van der Waals surface area contributed by atoms with Crippen molar-refractivity contribution in [2.75, 3.05) is 0 Å².